The highest BCUT2D eigenvalue weighted by atomic mass is 35.5. The summed E-state index contributed by atoms with van der Waals surface area (Å²) in [5, 5.41) is 1.24. The van der Waals surface area contributed by atoms with E-state index in [0.717, 1.165) is 19.1 Å². The number of benzene rings is 1. The molecule has 0 saturated carbocycles. The molecule has 1 heterocycles. The molecule has 1 atom stereocenters. The molecule has 1 aromatic carbocycles. The molecular weight excluding hydrogens is 446 g/mol. The Bertz CT molecular complexity index is 939. The van der Waals surface area contributed by atoms with Gasteiger partial charge in [0.05, 0.1) is 22.0 Å². The lowest BCUT2D eigenvalue weighted by atomic mass is 10.1. The van der Waals surface area contributed by atoms with E-state index in [0.29, 0.717) is 0 Å². The number of rotatable bonds is 4. The Balaban J connectivity index is 2.17. The Labute approximate surface area is 171 Å². The molecule has 0 aliphatic rings. The summed E-state index contributed by atoms with van der Waals surface area (Å²) in [7, 11) is 0. The number of aromatic nitrogens is 1. The molecule has 0 fully saturated rings. The third-order valence-electron chi connectivity index (χ3n) is 3.41. The molecule has 28 heavy (non-hydrogen) atoms. The molecule has 0 radical (unpaired) electrons. The number of carbonyl (C=O) groups is 2. The Kier molecular flexibility index (Phi) is 6.63. The van der Waals surface area contributed by atoms with Gasteiger partial charge in [-0.3, -0.25) is 4.79 Å². The van der Waals surface area contributed by atoms with Gasteiger partial charge in [0.2, 0.25) is 0 Å². The van der Waals surface area contributed by atoms with Crippen molar-refractivity contribution in [1.82, 2.24) is 4.98 Å². The maximum Gasteiger partial charge on any atom is 0.418 e. The van der Waals surface area contributed by atoms with E-state index in [1.54, 1.807) is 0 Å². The molecule has 1 amide bonds. The Morgan fingerprint density at radius 3 is 2.39 bits per heavy atom. The van der Waals surface area contributed by atoms with Crippen molar-refractivity contribution < 1.29 is 27.5 Å². The summed E-state index contributed by atoms with van der Waals surface area (Å²) in [5.41, 5.74) is 3.34. The zero-order valence-electron chi connectivity index (χ0n) is 13.9. The van der Waals surface area contributed by atoms with Crippen molar-refractivity contribution >= 4 is 58.1 Å². The predicted octanol–water partition coefficient (Wildman–Crippen LogP) is 4.83. The van der Waals surface area contributed by atoms with E-state index in [2.05, 4.69) is 10.3 Å². The number of ether oxygens (including phenoxy) is 1. The number of nitrogens with zero attached hydrogens (tertiary/aromatic N) is 1. The largest absolute Gasteiger partial charge is 0.448 e. The van der Waals surface area contributed by atoms with Gasteiger partial charge in [-0.15, -0.1) is 0 Å². The van der Waals surface area contributed by atoms with Crippen LogP contribution in [0.15, 0.2) is 24.3 Å². The number of pyridine rings is 1. The van der Waals surface area contributed by atoms with Crippen LogP contribution in [0, 0.1) is 0 Å². The van der Waals surface area contributed by atoms with Gasteiger partial charge in [-0.25, -0.2) is 9.78 Å². The van der Waals surface area contributed by atoms with Gasteiger partial charge < -0.3 is 15.8 Å². The zero-order valence-corrected chi connectivity index (χ0v) is 16.2. The smallest absolute Gasteiger partial charge is 0.418 e. The second kappa shape index (κ2) is 8.42. The number of carbonyl (C=O) groups excluding carboxylic acids is 2. The van der Waals surface area contributed by atoms with E-state index in [-0.39, 0.29) is 20.9 Å². The van der Waals surface area contributed by atoms with Crippen molar-refractivity contribution in [1.29, 1.82) is 0 Å². The lowest BCUT2D eigenvalue weighted by Gasteiger charge is -2.17. The number of nitrogen functional groups attached to an aromatic ring is 1. The van der Waals surface area contributed by atoms with Crippen LogP contribution >= 0.6 is 34.8 Å². The van der Waals surface area contributed by atoms with Gasteiger partial charge in [0.1, 0.15) is 5.02 Å². The summed E-state index contributed by atoms with van der Waals surface area (Å²) in [6.45, 7) is 1.15. The van der Waals surface area contributed by atoms with Crippen LogP contribution in [0.4, 0.5) is 24.5 Å². The first kappa shape index (κ1) is 22.1. The van der Waals surface area contributed by atoms with E-state index in [9.17, 15) is 22.8 Å². The monoisotopic (exact) mass is 455 g/mol. The van der Waals surface area contributed by atoms with Gasteiger partial charge >= 0.3 is 12.1 Å². The van der Waals surface area contributed by atoms with Crippen molar-refractivity contribution in [2.45, 2.75) is 19.2 Å². The Morgan fingerprint density at radius 2 is 1.79 bits per heavy atom. The zero-order chi connectivity index (χ0) is 21.2. The third-order valence-corrected chi connectivity index (χ3v) is 4.54. The van der Waals surface area contributed by atoms with E-state index in [1.807, 2.05) is 0 Å². The van der Waals surface area contributed by atoms with Crippen LogP contribution in [-0.2, 0) is 15.7 Å². The summed E-state index contributed by atoms with van der Waals surface area (Å²) in [6, 6.07) is 4.34. The van der Waals surface area contributed by atoms with Crippen LogP contribution in [0.1, 0.15) is 23.0 Å². The lowest BCUT2D eigenvalue weighted by Crippen LogP contribution is -2.31. The van der Waals surface area contributed by atoms with Gasteiger partial charge in [-0.1, -0.05) is 46.9 Å². The van der Waals surface area contributed by atoms with Gasteiger partial charge in [0.25, 0.3) is 5.91 Å². The van der Waals surface area contributed by atoms with Gasteiger partial charge in [0, 0.05) is 0 Å². The fourth-order valence-electron chi connectivity index (χ4n) is 2.01. The van der Waals surface area contributed by atoms with Crippen molar-refractivity contribution in [3.8, 4) is 0 Å². The first-order chi connectivity index (χ1) is 12.9. The van der Waals surface area contributed by atoms with Gasteiger partial charge in [0.15, 0.2) is 17.0 Å². The molecule has 0 aliphatic heterocycles. The van der Waals surface area contributed by atoms with E-state index >= 15 is 0 Å². The van der Waals surface area contributed by atoms with E-state index in [4.69, 9.17) is 45.3 Å². The minimum Gasteiger partial charge on any atom is -0.448 e. The highest BCUT2D eigenvalue weighted by Crippen LogP contribution is 2.35. The molecule has 0 saturated heterocycles. The number of nitrogens with two attached hydrogens (primary N) is 1. The third kappa shape index (κ3) is 4.78. The number of halogens is 6. The average Bonchev–Trinajstić information content (AvgIpc) is 2.62. The Morgan fingerprint density at radius 1 is 1.18 bits per heavy atom. The van der Waals surface area contributed by atoms with Crippen molar-refractivity contribution in [2.75, 3.05) is 11.1 Å². The summed E-state index contributed by atoms with van der Waals surface area (Å²) in [6.07, 6.45) is -6.17. The first-order valence-electron chi connectivity index (χ1n) is 7.41. The Hall–Kier alpha value is -2.23. The minimum atomic E-state index is -4.68. The molecule has 150 valence electrons. The highest BCUT2D eigenvalue weighted by molar-refractivity contribution is 6.46. The summed E-state index contributed by atoms with van der Waals surface area (Å²) in [4.78, 5) is 28.0. The highest BCUT2D eigenvalue weighted by Gasteiger charge is 2.34. The second-order valence-electron chi connectivity index (χ2n) is 5.37. The molecule has 0 aliphatic carbocycles. The van der Waals surface area contributed by atoms with Crippen molar-refractivity contribution in [2.24, 2.45) is 0 Å². The van der Waals surface area contributed by atoms with Crippen molar-refractivity contribution in [3.63, 3.8) is 0 Å². The fourth-order valence-corrected chi connectivity index (χ4v) is 2.60. The number of esters is 1. The number of hydrogen-bond donors (Lipinski definition) is 2. The first-order valence-corrected chi connectivity index (χ1v) is 8.55. The standard InChI is InChI=1S/C16H11Cl3F3N3O3/c1-6(14(26)24-8-5-3-2-4-7(8)16(20,21)22)28-15(27)12-9(17)11(23)10(18)13(19)25-12/h2-6H,1H3,(H2,23,25)(H,24,26). The average molecular weight is 457 g/mol. The normalized spacial score (nSPS) is 12.4. The maximum absolute atomic E-state index is 13.0. The lowest BCUT2D eigenvalue weighted by molar-refractivity contribution is -0.137. The number of para-hydroxylation sites is 1. The van der Waals surface area contributed by atoms with Crippen LogP contribution in [0.25, 0.3) is 0 Å². The van der Waals surface area contributed by atoms with Crippen LogP contribution < -0.4 is 11.1 Å². The van der Waals surface area contributed by atoms with Gasteiger partial charge in [-0.2, -0.15) is 13.2 Å². The van der Waals surface area contributed by atoms with E-state index in [1.165, 1.54) is 12.1 Å². The quantitative estimate of drug-likeness (QED) is 0.508. The molecule has 3 N–H and O–H groups in total. The predicted molar refractivity (Wildman–Crippen MR) is 98.6 cm³/mol. The van der Waals surface area contributed by atoms with Crippen LogP contribution in [0.3, 0.4) is 0 Å². The summed E-state index contributed by atoms with van der Waals surface area (Å²) < 4.78 is 43.9. The summed E-state index contributed by atoms with van der Waals surface area (Å²) in [5.74, 6) is -2.17. The summed E-state index contributed by atoms with van der Waals surface area (Å²) >= 11 is 17.3. The van der Waals surface area contributed by atoms with Crippen LogP contribution in [0.2, 0.25) is 15.2 Å². The molecule has 0 spiro atoms. The maximum atomic E-state index is 13.0. The molecule has 1 unspecified atom stereocenters. The van der Waals surface area contributed by atoms with E-state index < -0.39 is 41.1 Å². The number of amides is 1. The molecular formula is C16H11Cl3F3N3O3. The number of anilines is 2. The molecule has 12 heteroatoms. The number of alkyl halides is 3. The molecule has 2 aromatic rings. The minimum absolute atomic E-state index is 0.169. The number of hydrogen-bond acceptors (Lipinski definition) is 5. The molecule has 2 rings (SSSR count). The van der Waals surface area contributed by atoms with Crippen LogP contribution in [0.5, 0.6) is 0 Å². The molecule has 0 bridgehead atoms. The topological polar surface area (TPSA) is 94.3 Å². The van der Waals surface area contributed by atoms with Crippen molar-refractivity contribution in [3.05, 3.63) is 50.7 Å². The fraction of sp³-hybridized carbons (Fsp3) is 0.188. The van der Waals surface area contributed by atoms with Gasteiger partial charge in [-0.05, 0) is 19.1 Å². The SMILES string of the molecule is CC(OC(=O)c1nc(Cl)c(Cl)c(N)c1Cl)C(=O)Nc1ccccc1C(F)(F)F. The number of nitrogens with one attached hydrogen (secondary N) is 1. The molecule has 1 aromatic heterocycles. The molecule has 6 nitrogen and oxygen atoms in total. The van der Waals surface area contributed by atoms with Crippen LogP contribution in [-0.4, -0.2) is 23.0 Å². The second-order valence-corrected chi connectivity index (χ2v) is 6.49.